The zero-order chi connectivity index (χ0) is 18.7. The van der Waals surface area contributed by atoms with Gasteiger partial charge < -0.3 is 15.0 Å². The van der Waals surface area contributed by atoms with Crippen LogP contribution in [-0.4, -0.2) is 73.8 Å². The average Bonchev–Trinajstić information content (AvgIpc) is 3.04. The Morgan fingerprint density at radius 3 is 2.62 bits per heavy atom. The van der Waals surface area contributed by atoms with Gasteiger partial charge in [-0.3, -0.25) is 24.3 Å². The highest BCUT2D eigenvalue weighted by atomic mass is 19.1. The van der Waals surface area contributed by atoms with E-state index in [2.05, 4.69) is 10.7 Å². The molecule has 1 atom stereocenters. The van der Waals surface area contributed by atoms with Crippen molar-refractivity contribution in [3.63, 3.8) is 0 Å². The van der Waals surface area contributed by atoms with Crippen LogP contribution in [0.3, 0.4) is 0 Å². The number of hydrazine groups is 1. The molecule has 1 aromatic carbocycles. The first kappa shape index (κ1) is 18.1. The standard InChI is InChI=1S/C16H20FN5O4/c1-26-9-6-18-13(23)10-22-15(25)14(24)21-8-7-20(16(21)19-22)12-4-2-11(17)3-5-12/h2-5,16,19H,6-10H2,1H3,(H,18,23). The number of carbonyl (C=O) groups excluding carboxylic acids is 3. The van der Waals surface area contributed by atoms with E-state index in [4.69, 9.17) is 4.74 Å². The number of nitrogens with zero attached hydrogens (tertiary/aromatic N) is 3. The van der Waals surface area contributed by atoms with E-state index in [1.807, 2.05) is 4.90 Å². The van der Waals surface area contributed by atoms with Gasteiger partial charge in [-0.15, -0.1) is 0 Å². The Morgan fingerprint density at radius 2 is 1.92 bits per heavy atom. The van der Waals surface area contributed by atoms with Crippen molar-refractivity contribution in [3.8, 4) is 0 Å². The van der Waals surface area contributed by atoms with Crippen LogP contribution in [0.5, 0.6) is 0 Å². The average molecular weight is 365 g/mol. The first-order valence-electron chi connectivity index (χ1n) is 8.17. The second-order valence-corrected chi connectivity index (χ2v) is 5.91. The Hall–Kier alpha value is -2.72. The van der Waals surface area contributed by atoms with Crippen molar-refractivity contribution >= 4 is 23.4 Å². The quantitative estimate of drug-likeness (QED) is 0.489. The van der Waals surface area contributed by atoms with Crippen LogP contribution in [0.1, 0.15) is 0 Å². The van der Waals surface area contributed by atoms with Crippen LogP contribution in [0.25, 0.3) is 0 Å². The minimum Gasteiger partial charge on any atom is -0.383 e. The molecule has 1 aromatic rings. The first-order chi connectivity index (χ1) is 12.5. The van der Waals surface area contributed by atoms with Gasteiger partial charge >= 0.3 is 11.8 Å². The van der Waals surface area contributed by atoms with E-state index in [0.717, 1.165) is 5.01 Å². The number of halogens is 1. The number of hydrogen-bond donors (Lipinski definition) is 2. The van der Waals surface area contributed by atoms with Crippen LogP contribution >= 0.6 is 0 Å². The largest absolute Gasteiger partial charge is 0.383 e. The van der Waals surface area contributed by atoms with Crippen molar-refractivity contribution in [2.75, 3.05) is 44.8 Å². The van der Waals surface area contributed by atoms with E-state index >= 15 is 0 Å². The fraction of sp³-hybridized carbons (Fsp3) is 0.438. The molecule has 2 saturated heterocycles. The molecule has 2 heterocycles. The summed E-state index contributed by atoms with van der Waals surface area (Å²) < 4.78 is 18.0. The summed E-state index contributed by atoms with van der Waals surface area (Å²) in [5.41, 5.74) is 3.62. The van der Waals surface area contributed by atoms with Gasteiger partial charge in [-0.1, -0.05) is 0 Å². The van der Waals surface area contributed by atoms with Crippen LogP contribution in [0.2, 0.25) is 0 Å². The van der Waals surface area contributed by atoms with Gasteiger partial charge in [0.05, 0.1) is 6.61 Å². The molecule has 0 radical (unpaired) electrons. The minimum atomic E-state index is -0.788. The highest BCUT2D eigenvalue weighted by molar-refractivity contribution is 6.35. The number of rotatable bonds is 6. The van der Waals surface area contributed by atoms with Gasteiger partial charge in [-0.2, -0.15) is 5.43 Å². The predicted octanol–water partition coefficient (Wildman–Crippen LogP) is -1.13. The molecule has 0 aromatic heterocycles. The lowest BCUT2D eigenvalue weighted by atomic mass is 10.3. The third kappa shape index (κ3) is 3.60. The maximum absolute atomic E-state index is 13.1. The molecule has 9 nitrogen and oxygen atoms in total. The number of hydrogen-bond acceptors (Lipinski definition) is 6. The van der Waals surface area contributed by atoms with Gasteiger partial charge in [-0.05, 0) is 24.3 Å². The maximum atomic E-state index is 13.1. The van der Waals surface area contributed by atoms with Crippen molar-refractivity contribution in [2.24, 2.45) is 0 Å². The van der Waals surface area contributed by atoms with Gasteiger partial charge in [-0.25, -0.2) is 4.39 Å². The number of benzene rings is 1. The normalized spacial score (nSPS) is 19.8. The molecule has 3 rings (SSSR count). The van der Waals surface area contributed by atoms with Crippen molar-refractivity contribution in [2.45, 2.75) is 6.29 Å². The Morgan fingerprint density at radius 1 is 1.23 bits per heavy atom. The van der Waals surface area contributed by atoms with Crippen molar-refractivity contribution in [3.05, 3.63) is 30.1 Å². The predicted molar refractivity (Wildman–Crippen MR) is 89.0 cm³/mol. The lowest BCUT2D eigenvalue weighted by molar-refractivity contribution is -0.163. The number of amides is 3. The molecular formula is C16H20FN5O4. The monoisotopic (exact) mass is 365 g/mol. The van der Waals surface area contributed by atoms with Crippen molar-refractivity contribution in [1.29, 1.82) is 0 Å². The van der Waals surface area contributed by atoms with E-state index in [1.54, 1.807) is 12.1 Å². The summed E-state index contributed by atoms with van der Waals surface area (Å²) in [7, 11) is 1.51. The number of nitrogens with one attached hydrogen (secondary N) is 2. The molecule has 2 aliphatic heterocycles. The minimum absolute atomic E-state index is 0.296. The Kier molecular flexibility index (Phi) is 5.33. The van der Waals surface area contributed by atoms with E-state index in [1.165, 1.54) is 24.1 Å². The zero-order valence-electron chi connectivity index (χ0n) is 14.3. The summed E-state index contributed by atoms with van der Waals surface area (Å²) in [6, 6.07) is 5.86. The molecule has 10 heteroatoms. The molecule has 1 unspecified atom stereocenters. The van der Waals surface area contributed by atoms with E-state index in [0.29, 0.717) is 31.9 Å². The Balaban J connectivity index is 1.70. The second kappa shape index (κ2) is 7.67. The van der Waals surface area contributed by atoms with Gasteiger partial charge in [0.15, 0.2) is 6.29 Å². The molecule has 140 valence electrons. The smallest absolute Gasteiger partial charge is 0.326 e. The maximum Gasteiger partial charge on any atom is 0.326 e. The molecule has 2 aliphatic rings. The Bertz CT molecular complexity index is 698. The third-order valence-corrected chi connectivity index (χ3v) is 4.22. The summed E-state index contributed by atoms with van der Waals surface area (Å²) in [5.74, 6) is -2.23. The number of fused-ring (bicyclic) bond motifs is 1. The summed E-state index contributed by atoms with van der Waals surface area (Å²) in [6.45, 7) is 1.20. The number of methoxy groups -OCH3 is 1. The topological polar surface area (TPSA) is 94.2 Å². The Labute approximate surface area is 149 Å². The van der Waals surface area contributed by atoms with Gasteiger partial charge in [0.2, 0.25) is 5.91 Å². The number of ether oxygens (including phenoxy) is 1. The van der Waals surface area contributed by atoms with Gasteiger partial charge in [0, 0.05) is 32.4 Å². The molecular weight excluding hydrogens is 345 g/mol. The van der Waals surface area contributed by atoms with E-state index in [9.17, 15) is 18.8 Å². The molecule has 0 saturated carbocycles. The van der Waals surface area contributed by atoms with Gasteiger partial charge in [0.25, 0.3) is 0 Å². The fourth-order valence-electron chi connectivity index (χ4n) is 2.93. The molecule has 0 aliphatic carbocycles. The van der Waals surface area contributed by atoms with Crippen LogP contribution in [0.4, 0.5) is 10.1 Å². The number of carbonyl (C=O) groups is 3. The van der Waals surface area contributed by atoms with Crippen molar-refractivity contribution in [1.82, 2.24) is 20.7 Å². The van der Waals surface area contributed by atoms with E-state index < -0.39 is 24.0 Å². The lowest BCUT2D eigenvalue weighted by Gasteiger charge is -2.40. The van der Waals surface area contributed by atoms with Crippen LogP contribution in [0.15, 0.2) is 24.3 Å². The molecule has 2 fully saturated rings. The SMILES string of the molecule is COCCNC(=O)CN1NC2N(CCN2c2ccc(F)cc2)C(=O)C1=O. The van der Waals surface area contributed by atoms with Gasteiger partial charge in [0.1, 0.15) is 12.4 Å². The van der Waals surface area contributed by atoms with Crippen LogP contribution < -0.4 is 15.6 Å². The van der Waals surface area contributed by atoms with E-state index in [-0.39, 0.29) is 12.4 Å². The lowest BCUT2D eigenvalue weighted by Crippen LogP contribution is -2.68. The second-order valence-electron chi connectivity index (χ2n) is 5.91. The molecule has 26 heavy (non-hydrogen) atoms. The summed E-state index contributed by atoms with van der Waals surface area (Å²) >= 11 is 0. The highest BCUT2D eigenvalue weighted by Gasteiger charge is 2.45. The molecule has 3 amide bonds. The summed E-state index contributed by atoms with van der Waals surface area (Å²) in [6.07, 6.45) is -0.613. The molecule has 0 spiro atoms. The highest BCUT2D eigenvalue weighted by Crippen LogP contribution is 2.25. The summed E-state index contributed by atoms with van der Waals surface area (Å²) in [5, 5.41) is 3.60. The third-order valence-electron chi connectivity index (χ3n) is 4.22. The zero-order valence-corrected chi connectivity index (χ0v) is 14.3. The number of anilines is 1. The molecule has 2 N–H and O–H groups in total. The first-order valence-corrected chi connectivity index (χ1v) is 8.17. The van der Waals surface area contributed by atoms with Crippen LogP contribution in [-0.2, 0) is 19.1 Å². The van der Waals surface area contributed by atoms with Crippen molar-refractivity contribution < 1.29 is 23.5 Å². The molecule has 0 bridgehead atoms. The summed E-state index contributed by atoms with van der Waals surface area (Å²) in [4.78, 5) is 39.7. The fourth-order valence-corrected chi connectivity index (χ4v) is 2.93. The van der Waals surface area contributed by atoms with Crippen LogP contribution in [0, 0.1) is 5.82 Å².